The molecule has 0 spiro atoms. The van der Waals surface area contributed by atoms with Gasteiger partial charge < -0.3 is 16.2 Å². The van der Waals surface area contributed by atoms with Gasteiger partial charge in [-0.05, 0) is 34.5 Å². The molecule has 1 heterocycles. The highest BCUT2D eigenvalue weighted by Crippen LogP contribution is 2.27. The molecule has 18 heavy (non-hydrogen) atoms. The van der Waals surface area contributed by atoms with Gasteiger partial charge in [-0.25, -0.2) is 4.79 Å². The number of halogens is 1. The molecule has 4 N–H and O–H groups in total. The number of rotatable bonds is 5. The molecule has 1 atom stereocenters. The Morgan fingerprint density at radius 2 is 2.17 bits per heavy atom. The first-order valence-electron chi connectivity index (χ1n) is 4.89. The molecule has 0 aliphatic carbocycles. The Hall–Kier alpha value is -1.41. The average molecular weight is 335 g/mol. The number of aryl methyl sites for hydroxylation is 1. The fourth-order valence-electron chi connectivity index (χ4n) is 1.20. The lowest BCUT2D eigenvalue weighted by Crippen LogP contribution is -2.43. The minimum atomic E-state index is -1.31. The van der Waals surface area contributed by atoms with Crippen molar-refractivity contribution in [3.05, 3.63) is 20.3 Å². The highest BCUT2D eigenvalue weighted by Gasteiger charge is 2.23. The van der Waals surface area contributed by atoms with Gasteiger partial charge in [-0.15, -0.1) is 11.3 Å². The number of carboxylic acids is 1. The minimum Gasteiger partial charge on any atom is -0.480 e. The molecule has 0 bridgehead atoms. The number of carboxylic acid groups (broad SMARTS) is 1. The van der Waals surface area contributed by atoms with E-state index in [0.29, 0.717) is 4.88 Å². The predicted octanol–water partition coefficient (Wildman–Crippen LogP) is 0.877. The van der Waals surface area contributed by atoms with Crippen LogP contribution in [0, 0.1) is 6.92 Å². The third-order valence-corrected chi connectivity index (χ3v) is 4.23. The van der Waals surface area contributed by atoms with Crippen LogP contribution in [0.5, 0.6) is 0 Å². The van der Waals surface area contributed by atoms with Crippen molar-refractivity contribution in [2.75, 3.05) is 0 Å². The van der Waals surface area contributed by atoms with E-state index in [1.165, 1.54) is 11.3 Å². The zero-order chi connectivity index (χ0) is 13.9. The van der Waals surface area contributed by atoms with E-state index >= 15 is 0 Å². The summed E-state index contributed by atoms with van der Waals surface area (Å²) in [6.07, 6.45) is -0.438. The number of carbonyl (C=O) groups is 3. The molecule has 0 aliphatic heterocycles. The fourth-order valence-corrected chi connectivity index (χ4v) is 2.64. The Labute approximate surface area is 115 Å². The van der Waals surface area contributed by atoms with Gasteiger partial charge in [0.15, 0.2) is 0 Å². The van der Waals surface area contributed by atoms with Crippen LogP contribution in [0.4, 0.5) is 0 Å². The molecular weight excluding hydrogens is 324 g/mol. The van der Waals surface area contributed by atoms with Crippen LogP contribution >= 0.6 is 27.3 Å². The van der Waals surface area contributed by atoms with E-state index in [4.69, 9.17) is 10.8 Å². The normalized spacial score (nSPS) is 11.9. The van der Waals surface area contributed by atoms with Crippen LogP contribution in [-0.4, -0.2) is 28.9 Å². The summed E-state index contributed by atoms with van der Waals surface area (Å²) >= 11 is 4.46. The van der Waals surface area contributed by atoms with Crippen LogP contribution in [0.15, 0.2) is 9.85 Å². The maximum Gasteiger partial charge on any atom is 0.326 e. The zero-order valence-corrected chi connectivity index (χ0v) is 11.8. The van der Waals surface area contributed by atoms with Gasteiger partial charge in [-0.3, -0.25) is 9.59 Å². The number of nitrogens with one attached hydrogen (secondary N) is 1. The fraction of sp³-hybridized carbons (Fsp3) is 0.300. The van der Waals surface area contributed by atoms with Crippen LogP contribution in [0.25, 0.3) is 0 Å². The van der Waals surface area contributed by atoms with E-state index in [2.05, 4.69) is 21.2 Å². The van der Waals surface area contributed by atoms with Gasteiger partial charge in [0.05, 0.1) is 15.1 Å². The SMILES string of the molecule is Cc1cc(C(=O)N[C@H](CC(N)=O)C(=O)O)sc1Br. The van der Waals surface area contributed by atoms with Crippen LogP contribution < -0.4 is 11.1 Å². The summed E-state index contributed by atoms with van der Waals surface area (Å²) in [6, 6.07) is 0.323. The van der Waals surface area contributed by atoms with Gasteiger partial charge in [0.1, 0.15) is 6.04 Å². The Kier molecular flexibility index (Phi) is 4.85. The number of amides is 2. The molecule has 1 aromatic rings. The third kappa shape index (κ3) is 3.81. The first kappa shape index (κ1) is 14.7. The van der Waals surface area contributed by atoms with Crippen LogP contribution in [0.1, 0.15) is 21.7 Å². The number of nitrogens with two attached hydrogens (primary N) is 1. The van der Waals surface area contributed by atoms with Gasteiger partial charge in [-0.2, -0.15) is 0 Å². The molecule has 6 nitrogen and oxygen atoms in total. The van der Waals surface area contributed by atoms with E-state index < -0.39 is 30.2 Å². The van der Waals surface area contributed by atoms with E-state index in [1.807, 2.05) is 6.92 Å². The molecule has 98 valence electrons. The van der Waals surface area contributed by atoms with Crippen LogP contribution in [0.2, 0.25) is 0 Å². The smallest absolute Gasteiger partial charge is 0.326 e. The van der Waals surface area contributed by atoms with Crippen molar-refractivity contribution >= 4 is 45.1 Å². The first-order chi connectivity index (χ1) is 8.31. The summed E-state index contributed by atoms with van der Waals surface area (Å²) in [5.41, 5.74) is 5.80. The van der Waals surface area contributed by atoms with Gasteiger partial charge in [0.25, 0.3) is 5.91 Å². The number of thiophene rings is 1. The summed E-state index contributed by atoms with van der Waals surface area (Å²) in [5.74, 6) is -2.62. The molecule has 0 saturated heterocycles. The number of hydrogen-bond acceptors (Lipinski definition) is 4. The Morgan fingerprint density at radius 1 is 1.56 bits per heavy atom. The molecule has 1 rings (SSSR count). The monoisotopic (exact) mass is 334 g/mol. The summed E-state index contributed by atoms with van der Waals surface area (Å²) in [7, 11) is 0. The standard InChI is InChI=1S/C10H11BrN2O4S/c1-4-2-6(18-8(4)11)9(15)13-5(10(16)17)3-7(12)14/h2,5H,3H2,1H3,(H2,12,14)(H,13,15)(H,16,17)/t5-/m1/s1. The molecule has 0 aromatic carbocycles. The molecule has 1 aromatic heterocycles. The van der Waals surface area contributed by atoms with Crippen molar-refractivity contribution in [3.63, 3.8) is 0 Å². The number of carbonyl (C=O) groups excluding carboxylic acids is 2. The van der Waals surface area contributed by atoms with Crippen molar-refractivity contribution < 1.29 is 19.5 Å². The molecule has 8 heteroatoms. The Bertz CT molecular complexity index is 481. The molecule has 0 fully saturated rings. The molecular formula is C10H11BrN2O4S. The maximum atomic E-state index is 11.8. The van der Waals surface area contributed by atoms with E-state index in [1.54, 1.807) is 6.07 Å². The second-order valence-corrected chi connectivity index (χ2v) is 5.97. The van der Waals surface area contributed by atoms with Gasteiger partial charge in [-0.1, -0.05) is 0 Å². The maximum absolute atomic E-state index is 11.8. The average Bonchev–Trinajstić information content (AvgIpc) is 2.57. The lowest BCUT2D eigenvalue weighted by molar-refractivity contribution is -0.140. The zero-order valence-electron chi connectivity index (χ0n) is 9.40. The van der Waals surface area contributed by atoms with Crippen molar-refractivity contribution in [1.29, 1.82) is 0 Å². The van der Waals surface area contributed by atoms with Crippen molar-refractivity contribution in [1.82, 2.24) is 5.32 Å². The summed E-state index contributed by atoms with van der Waals surface area (Å²) in [4.78, 5) is 33.7. The quantitative estimate of drug-likeness (QED) is 0.742. The Morgan fingerprint density at radius 3 is 2.56 bits per heavy atom. The summed E-state index contributed by atoms with van der Waals surface area (Å²) in [6.45, 7) is 1.81. The van der Waals surface area contributed by atoms with Crippen molar-refractivity contribution in [3.8, 4) is 0 Å². The highest BCUT2D eigenvalue weighted by molar-refractivity contribution is 9.11. The number of hydrogen-bond donors (Lipinski definition) is 3. The third-order valence-electron chi connectivity index (χ3n) is 2.09. The van der Waals surface area contributed by atoms with Gasteiger partial charge in [0, 0.05) is 0 Å². The molecule has 0 saturated carbocycles. The topological polar surface area (TPSA) is 109 Å². The van der Waals surface area contributed by atoms with Crippen LogP contribution in [-0.2, 0) is 9.59 Å². The first-order valence-corrected chi connectivity index (χ1v) is 6.50. The predicted molar refractivity (Wildman–Crippen MR) is 69.5 cm³/mol. The minimum absolute atomic E-state index is 0.370. The second kappa shape index (κ2) is 5.96. The van der Waals surface area contributed by atoms with Crippen LogP contribution in [0.3, 0.4) is 0 Å². The second-order valence-electron chi connectivity index (χ2n) is 3.60. The van der Waals surface area contributed by atoms with E-state index in [9.17, 15) is 14.4 Å². The lowest BCUT2D eigenvalue weighted by Gasteiger charge is -2.11. The summed E-state index contributed by atoms with van der Waals surface area (Å²) < 4.78 is 0.800. The Balaban J connectivity index is 2.78. The van der Waals surface area contributed by atoms with E-state index in [0.717, 1.165) is 9.35 Å². The molecule has 0 unspecified atom stereocenters. The van der Waals surface area contributed by atoms with Crippen molar-refractivity contribution in [2.45, 2.75) is 19.4 Å². The van der Waals surface area contributed by atoms with Gasteiger partial charge in [0.2, 0.25) is 5.91 Å². The van der Waals surface area contributed by atoms with Gasteiger partial charge >= 0.3 is 5.97 Å². The molecule has 2 amide bonds. The largest absolute Gasteiger partial charge is 0.480 e. The van der Waals surface area contributed by atoms with E-state index in [-0.39, 0.29) is 0 Å². The van der Waals surface area contributed by atoms with Crippen molar-refractivity contribution in [2.24, 2.45) is 5.73 Å². The highest BCUT2D eigenvalue weighted by atomic mass is 79.9. The summed E-state index contributed by atoms with van der Waals surface area (Å²) in [5, 5.41) is 11.1. The number of primary amides is 1. The lowest BCUT2D eigenvalue weighted by atomic mass is 10.2. The number of aliphatic carboxylic acids is 1. The molecule has 0 radical (unpaired) electrons. The molecule has 0 aliphatic rings.